The molecule has 0 fully saturated rings. The Morgan fingerprint density at radius 2 is 1.89 bits per heavy atom. The quantitative estimate of drug-likeness (QED) is 0.705. The summed E-state index contributed by atoms with van der Waals surface area (Å²) in [6, 6.07) is 8.03. The van der Waals surface area contributed by atoms with Crippen LogP contribution in [0.2, 0.25) is 0 Å². The van der Waals surface area contributed by atoms with Crippen LogP contribution in [0.4, 0.5) is 5.82 Å². The number of benzene rings is 1. The summed E-state index contributed by atoms with van der Waals surface area (Å²) < 4.78 is 1.80. The van der Waals surface area contributed by atoms with Crippen molar-refractivity contribution in [3.63, 3.8) is 0 Å². The van der Waals surface area contributed by atoms with E-state index in [1.165, 1.54) is 0 Å². The van der Waals surface area contributed by atoms with Gasteiger partial charge in [-0.15, -0.1) is 0 Å². The molecule has 2 N–H and O–H groups in total. The molecule has 0 aliphatic rings. The predicted octanol–water partition coefficient (Wildman–Crippen LogP) is 2.01. The lowest BCUT2D eigenvalue weighted by Crippen LogP contribution is -2.02. The first-order valence-corrected chi connectivity index (χ1v) is 5.70. The van der Waals surface area contributed by atoms with Crippen molar-refractivity contribution in [2.24, 2.45) is 0 Å². The number of hydrogen-bond acceptors (Lipinski definition) is 4. The smallest absolute Gasteiger partial charge is 0.168 e. The van der Waals surface area contributed by atoms with Gasteiger partial charge < -0.3 is 5.73 Å². The molecule has 0 amide bonds. The van der Waals surface area contributed by atoms with Crippen LogP contribution in [0.3, 0.4) is 0 Å². The molecule has 5 nitrogen and oxygen atoms in total. The third-order valence-corrected chi connectivity index (χ3v) is 2.91. The summed E-state index contributed by atoms with van der Waals surface area (Å²) in [6.45, 7) is 3.87. The number of fused-ring (bicyclic) bond motifs is 1. The minimum Gasteiger partial charge on any atom is -0.383 e. The van der Waals surface area contributed by atoms with Crippen LogP contribution >= 0.6 is 0 Å². The maximum atomic E-state index is 5.88. The molecule has 0 spiro atoms. The van der Waals surface area contributed by atoms with E-state index in [4.69, 9.17) is 5.73 Å². The van der Waals surface area contributed by atoms with Gasteiger partial charge in [0.1, 0.15) is 11.6 Å². The summed E-state index contributed by atoms with van der Waals surface area (Å²) in [7, 11) is 0. The molecule has 0 atom stereocenters. The Bertz CT molecular complexity index is 729. The number of rotatable bonds is 1. The summed E-state index contributed by atoms with van der Waals surface area (Å²) in [4.78, 5) is 8.57. The molecule has 0 radical (unpaired) electrons. The number of nitrogens with zero attached hydrogens (tertiary/aromatic N) is 4. The number of aromatic nitrogens is 4. The van der Waals surface area contributed by atoms with Gasteiger partial charge in [0.15, 0.2) is 5.65 Å². The van der Waals surface area contributed by atoms with Gasteiger partial charge in [0.2, 0.25) is 0 Å². The number of aryl methyl sites for hydroxylation is 2. The monoisotopic (exact) mass is 239 g/mol. The zero-order valence-corrected chi connectivity index (χ0v) is 10.3. The van der Waals surface area contributed by atoms with Crippen molar-refractivity contribution in [3.8, 4) is 5.69 Å². The Kier molecular flexibility index (Phi) is 2.26. The molecule has 0 unspecified atom stereocenters. The van der Waals surface area contributed by atoms with E-state index in [0.29, 0.717) is 11.6 Å². The fourth-order valence-corrected chi connectivity index (χ4v) is 2.02. The van der Waals surface area contributed by atoms with Crippen LogP contribution in [0.5, 0.6) is 0 Å². The first-order chi connectivity index (χ1) is 8.66. The topological polar surface area (TPSA) is 69.6 Å². The van der Waals surface area contributed by atoms with Gasteiger partial charge in [-0.05, 0) is 25.5 Å². The Morgan fingerprint density at radius 1 is 1.11 bits per heavy atom. The van der Waals surface area contributed by atoms with Gasteiger partial charge in [0.25, 0.3) is 0 Å². The number of hydrogen-bond donors (Lipinski definition) is 1. The molecule has 3 rings (SSSR count). The predicted molar refractivity (Wildman–Crippen MR) is 70.5 cm³/mol. The van der Waals surface area contributed by atoms with Gasteiger partial charge in [-0.25, -0.2) is 14.6 Å². The number of nitrogen functional groups attached to an aromatic ring is 1. The highest BCUT2D eigenvalue weighted by molar-refractivity contribution is 5.86. The van der Waals surface area contributed by atoms with Crippen LogP contribution in [0, 0.1) is 13.8 Å². The van der Waals surface area contributed by atoms with E-state index in [9.17, 15) is 0 Å². The number of para-hydroxylation sites is 1. The Balaban J connectivity index is 2.34. The van der Waals surface area contributed by atoms with Crippen LogP contribution < -0.4 is 5.73 Å². The molecular formula is C13H13N5. The van der Waals surface area contributed by atoms with E-state index in [1.54, 1.807) is 10.9 Å². The molecule has 5 heteroatoms. The summed E-state index contributed by atoms with van der Waals surface area (Å²) in [5.41, 5.74) is 8.77. The second-order valence-corrected chi connectivity index (χ2v) is 4.24. The van der Waals surface area contributed by atoms with Crippen molar-refractivity contribution in [3.05, 3.63) is 41.9 Å². The second kappa shape index (κ2) is 3.80. The van der Waals surface area contributed by atoms with Crippen LogP contribution in [0.25, 0.3) is 16.7 Å². The van der Waals surface area contributed by atoms with E-state index in [-0.39, 0.29) is 0 Å². The molecule has 2 aromatic heterocycles. The van der Waals surface area contributed by atoms with Crippen molar-refractivity contribution >= 4 is 16.9 Å². The zero-order chi connectivity index (χ0) is 12.7. The largest absolute Gasteiger partial charge is 0.383 e. The van der Waals surface area contributed by atoms with E-state index in [1.807, 2.05) is 38.1 Å². The highest BCUT2D eigenvalue weighted by atomic mass is 15.3. The van der Waals surface area contributed by atoms with Gasteiger partial charge in [0.05, 0.1) is 17.3 Å². The van der Waals surface area contributed by atoms with Gasteiger partial charge >= 0.3 is 0 Å². The van der Waals surface area contributed by atoms with E-state index in [2.05, 4.69) is 15.1 Å². The second-order valence-electron chi connectivity index (χ2n) is 4.24. The minimum absolute atomic E-state index is 0.470. The Hall–Kier alpha value is -2.43. The maximum absolute atomic E-state index is 5.88. The molecule has 0 saturated heterocycles. The zero-order valence-electron chi connectivity index (χ0n) is 10.3. The molecule has 3 aromatic rings. The van der Waals surface area contributed by atoms with Gasteiger partial charge in [0, 0.05) is 0 Å². The van der Waals surface area contributed by atoms with Crippen molar-refractivity contribution in [2.75, 3.05) is 5.73 Å². The lowest BCUT2D eigenvalue weighted by molar-refractivity contribution is 0.882. The van der Waals surface area contributed by atoms with E-state index in [0.717, 1.165) is 22.3 Å². The normalized spacial score (nSPS) is 11.0. The van der Waals surface area contributed by atoms with Gasteiger partial charge in [-0.2, -0.15) is 5.10 Å². The van der Waals surface area contributed by atoms with E-state index < -0.39 is 0 Å². The Morgan fingerprint density at radius 3 is 2.67 bits per heavy atom. The van der Waals surface area contributed by atoms with Crippen molar-refractivity contribution in [1.29, 1.82) is 0 Å². The minimum atomic E-state index is 0.470. The summed E-state index contributed by atoms with van der Waals surface area (Å²) in [5.74, 6) is 1.12. The molecule has 2 heterocycles. The van der Waals surface area contributed by atoms with Crippen LogP contribution in [-0.2, 0) is 0 Å². The molecule has 0 aliphatic heterocycles. The van der Waals surface area contributed by atoms with Crippen LogP contribution in [0.15, 0.2) is 30.5 Å². The molecule has 18 heavy (non-hydrogen) atoms. The summed E-state index contributed by atoms with van der Waals surface area (Å²) in [5, 5.41) is 5.14. The first-order valence-electron chi connectivity index (χ1n) is 5.70. The third kappa shape index (κ3) is 1.52. The fraction of sp³-hybridized carbons (Fsp3) is 0.154. The molecule has 90 valence electrons. The van der Waals surface area contributed by atoms with Crippen LogP contribution in [0.1, 0.15) is 11.4 Å². The van der Waals surface area contributed by atoms with Crippen LogP contribution in [-0.4, -0.2) is 19.7 Å². The molecule has 0 saturated carbocycles. The SMILES string of the molecule is Cc1nc(N)c2cnn(-c3ccccc3C)c2n1. The van der Waals surface area contributed by atoms with Gasteiger partial charge in [-0.1, -0.05) is 18.2 Å². The van der Waals surface area contributed by atoms with Gasteiger partial charge in [-0.3, -0.25) is 0 Å². The molecule has 0 aliphatic carbocycles. The lowest BCUT2D eigenvalue weighted by Gasteiger charge is -2.06. The van der Waals surface area contributed by atoms with Crippen molar-refractivity contribution < 1.29 is 0 Å². The molecular weight excluding hydrogens is 226 g/mol. The molecule has 1 aromatic carbocycles. The summed E-state index contributed by atoms with van der Waals surface area (Å²) >= 11 is 0. The fourth-order valence-electron chi connectivity index (χ4n) is 2.02. The lowest BCUT2D eigenvalue weighted by atomic mass is 10.2. The first kappa shape index (κ1) is 10.7. The standard InChI is InChI=1S/C13H13N5/c1-8-5-3-4-6-11(8)18-13-10(7-15-18)12(14)16-9(2)17-13/h3-7H,1-2H3,(H2,14,16,17). The van der Waals surface area contributed by atoms with E-state index >= 15 is 0 Å². The number of nitrogens with two attached hydrogens (primary N) is 1. The summed E-state index contributed by atoms with van der Waals surface area (Å²) in [6.07, 6.45) is 1.70. The average Bonchev–Trinajstić information content (AvgIpc) is 2.73. The molecule has 0 bridgehead atoms. The van der Waals surface area contributed by atoms with Crippen molar-refractivity contribution in [1.82, 2.24) is 19.7 Å². The third-order valence-electron chi connectivity index (χ3n) is 2.91. The number of anilines is 1. The maximum Gasteiger partial charge on any atom is 0.168 e. The highest BCUT2D eigenvalue weighted by Gasteiger charge is 2.11. The highest BCUT2D eigenvalue weighted by Crippen LogP contribution is 2.22. The Labute approximate surface area is 104 Å². The average molecular weight is 239 g/mol. The van der Waals surface area contributed by atoms with Crippen molar-refractivity contribution in [2.45, 2.75) is 13.8 Å².